The van der Waals surface area contributed by atoms with E-state index in [4.69, 9.17) is 4.74 Å². The van der Waals surface area contributed by atoms with Crippen molar-refractivity contribution >= 4 is 12.0 Å². The Hall–Kier alpha value is -2.12. The minimum absolute atomic E-state index is 0.0881. The van der Waals surface area contributed by atoms with Crippen molar-refractivity contribution in [1.82, 2.24) is 15.5 Å². The van der Waals surface area contributed by atoms with Gasteiger partial charge in [0, 0.05) is 25.2 Å². The summed E-state index contributed by atoms with van der Waals surface area (Å²) in [5.41, 5.74) is 0.900. The maximum Gasteiger partial charge on any atom is 0.407 e. The van der Waals surface area contributed by atoms with Gasteiger partial charge in [-0.25, -0.2) is 4.79 Å². The van der Waals surface area contributed by atoms with Gasteiger partial charge in [0.1, 0.15) is 13.2 Å². The number of carbonyl (C=O) groups is 2. The number of ether oxygens (including phenoxy) is 1. The van der Waals surface area contributed by atoms with Gasteiger partial charge in [0.05, 0.1) is 6.10 Å². The fourth-order valence-electron chi connectivity index (χ4n) is 4.10. The SMILES string of the molecule is O=C(CNC(=O)OCc1ccccc1)NC1CCN([C@@H]2CCCC[C@H]2O)CC1. The van der Waals surface area contributed by atoms with Crippen molar-refractivity contribution < 1.29 is 19.4 Å². The van der Waals surface area contributed by atoms with Crippen LogP contribution in [-0.2, 0) is 16.1 Å². The van der Waals surface area contributed by atoms with E-state index in [9.17, 15) is 14.7 Å². The fourth-order valence-corrected chi connectivity index (χ4v) is 4.10. The summed E-state index contributed by atoms with van der Waals surface area (Å²) < 4.78 is 5.10. The minimum Gasteiger partial charge on any atom is -0.445 e. The molecule has 2 fully saturated rings. The molecule has 1 heterocycles. The summed E-state index contributed by atoms with van der Waals surface area (Å²) >= 11 is 0. The summed E-state index contributed by atoms with van der Waals surface area (Å²) in [4.78, 5) is 26.2. The fraction of sp³-hybridized carbons (Fsp3) is 0.619. The maximum absolute atomic E-state index is 12.1. The van der Waals surface area contributed by atoms with E-state index >= 15 is 0 Å². The van der Waals surface area contributed by atoms with Crippen LogP contribution in [0, 0.1) is 0 Å². The number of hydrogen-bond donors (Lipinski definition) is 3. The van der Waals surface area contributed by atoms with Gasteiger partial charge in [0.15, 0.2) is 0 Å². The Morgan fingerprint density at radius 1 is 1.07 bits per heavy atom. The highest BCUT2D eigenvalue weighted by Gasteiger charge is 2.31. The lowest BCUT2D eigenvalue weighted by Crippen LogP contribution is -2.53. The van der Waals surface area contributed by atoms with Gasteiger partial charge in [-0.1, -0.05) is 43.2 Å². The first-order valence-corrected chi connectivity index (χ1v) is 10.3. The molecule has 7 heteroatoms. The number of hydrogen-bond acceptors (Lipinski definition) is 5. The van der Waals surface area contributed by atoms with Crippen molar-refractivity contribution in [3.05, 3.63) is 35.9 Å². The van der Waals surface area contributed by atoms with Crippen LogP contribution in [0.25, 0.3) is 0 Å². The van der Waals surface area contributed by atoms with Crippen LogP contribution in [0.15, 0.2) is 30.3 Å². The van der Waals surface area contributed by atoms with Crippen molar-refractivity contribution in [2.45, 2.75) is 63.3 Å². The monoisotopic (exact) mass is 389 g/mol. The number of rotatable bonds is 6. The number of aliphatic hydroxyl groups is 1. The lowest BCUT2D eigenvalue weighted by Gasteiger charge is -2.41. The summed E-state index contributed by atoms with van der Waals surface area (Å²) in [6.07, 6.45) is 5.18. The number of likely N-dealkylation sites (tertiary alicyclic amines) is 1. The van der Waals surface area contributed by atoms with Crippen molar-refractivity contribution in [1.29, 1.82) is 0 Å². The lowest BCUT2D eigenvalue weighted by molar-refractivity contribution is -0.121. The molecular formula is C21H31N3O4. The lowest BCUT2D eigenvalue weighted by atomic mass is 9.89. The number of amides is 2. The molecule has 154 valence electrons. The van der Waals surface area contributed by atoms with Crippen LogP contribution in [-0.4, -0.2) is 59.8 Å². The second kappa shape index (κ2) is 10.4. The third-order valence-electron chi connectivity index (χ3n) is 5.66. The van der Waals surface area contributed by atoms with Gasteiger partial charge in [0.2, 0.25) is 5.91 Å². The molecule has 1 aromatic carbocycles. The Labute approximate surface area is 166 Å². The van der Waals surface area contributed by atoms with Gasteiger partial charge >= 0.3 is 6.09 Å². The zero-order valence-electron chi connectivity index (χ0n) is 16.3. The van der Waals surface area contributed by atoms with E-state index in [-0.39, 0.29) is 37.2 Å². The number of nitrogens with zero attached hydrogens (tertiary/aromatic N) is 1. The van der Waals surface area contributed by atoms with E-state index < -0.39 is 6.09 Å². The molecule has 3 N–H and O–H groups in total. The van der Waals surface area contributed by atoms with E-state index in [2.05, 4.69) is 15.5 Å². The largest absolute Gasteiger partial charge is 0.445 e. The first-order chi connectivity index (χ1) is 13.6. The molecule has 2 aliphatic rings. The zero-order chi connectivity index (χ0) is 19.8. The summed E-state index contributed by atoms with van der Waals surface area (Å²) in [5.74, 6) is -0.201. The summed E-state index contributed by atoms with van der Waals surface area (Å²) in [7, 11) is 0. The highest BCUT2D eigenvalue weighted by atomic mass is 16.5. The molecule has 0 aromatic heterocycles. The van der Waals surface area contributed by atoms with E-state index in [0.717, 1.165) is 50.8 Å². The first kappa shape index (κ1) is 20.6. The molecule has 1 saturated heterocycles. The normalized spacial score (nSPS) is 23.8. The Balaban J connectivity index is 1.30. The van der Waals surface area contributed by atoms with Crippen molar-refractivity contribution in [2.24, 2.45) is 0 Å². The third-order valence-corrected chi connectivity index (χ3v) is 5.66. The number of nitrogens with one attached hydrogen (secondary N) is 2. The second-order valence-electron chi connectivity index (χ2n) is 7.71. The van der Waals surface area contributed by atoms with Gasteiger partial charge in [-0.15, -0.1) is 0 Å². The number of benzene rings is 1. The molecule has 1 saturated carbocycles. The van der Waals surface area contributed by atoms with Gasteiger partial charge in [-0.05, 0) is 31.2 Å². The summed E-state index contributed by atoms with van der Waals surface area (Å²) in [6.45, 7) is 1.87. The Kier molecular flexibility index (Phi) is 7.68. The smallest absolute Gasteiger partial charge is 0.407 e. The van der Waals surface area contributed by atoms with Crippen LogP contribution in [0.5, 0.6) is 0 Å². The minimum atomic E-state index is -0.597. The van der Waals surface area contributed by atoms with Crippen molar-refractivity contribution in [3.8, 4) is 0 Å². The number of aliphatic hydroxyl groups excluding tert-OH is 1. The molecule has 0 unspecified atom stereocenters. The van der Waals surface area contributed by atoms with E-state index in [1.807, 2.05) is 30.3 Å². The molecule has 7 nitrogen and oxygen atoms in total. The molecule has 2 atom stereocenters. The number of alkyl carbamates (subject to hydrolysis) is 1. The molecule has 1 aliphatic heterocycles. The average molecular weight is 389 g/mol. The number of carbonyl (C=O) groups excluding carboxylic acids is 2. The average Bonchev–Trinajstić information content (AvgIpc) is 2.72. The Morgan fingerprint density at radius 3 is 2.50 bits per heavy atom. The number of piperidine rings is 1. The van der Waals surface area contributed by atoms with Crippen molar-refractivity contribution in [2.75, 3.05) is 19.6 Å². The second-order valence-corrected chi connectivity index (χ2v) is 7.71. The molecule has 0 spiro atoms. The molecule has 0 radical (unpaired) electrons. The van der Waals surface area contributed by atoms with Gasteiger partial charge in [0.25, 0.3) is 0 Å². The van der Waals surface area contributed by atoms with Gasteiger partial charge in [-0.3, -0.25) is 9.69 Å². The van der Waals surface area contributed by atoms with Crippen molar-refractivity contribution in [3.63, 3.8) is 0 Å². The summed E-state index contributed by atoms with van der Waals surface area (Å²) in [6, 6.07) is 9.79. The van der Waals surface area contributed by atoms with Gasteiger partial charge < -0.3 is 20.5 Å². The van der Waals surface area contributed by atoms with Crippen LogP contribution >= 0.6 is 0 Å². The van der Waals surface area contributed by atoms with Crippen LogP contribution in [0.1, 0.15) is 44.1 Å². The van der Waals surface area contributed by atoms with E-state index in [1.165, 1.54) is 6.42 Å². The predicted molar refractivity (Wildman–Crippen MR) is 106 cm³/mol. The van der Waals surface area contributed by atoms with E-state index in [1.54, 1.807) is 0 Å². The molecule has 2 amide bonds. The highest BCUT2D eigenvalue weighted by molar-refractivity contribution is 5.82. The molecular weight excluding hydrogens is 358 g/mol. The van der Waals surface area contributed by atoms with Crippen LogP contribution < -0.4 is 10.6 Å². The van der Waals surface area contributed by atoms with E-state index in [0.29, 0.717) is 0 Å². The van der Waals surface area contributed by atoms with Crippen LogP contribution in [0.4, 0.5) is 4.79 Å². The quantitative estimate of drug-likeness (QED) is 0.690. The predicted octanol–water partition coefficient (Wildman–Crippen LogP) is 1.80. The standard InChI is InChI=1S/C21H31N3O4/c25-19-9-5-4-8-18(19)24-12-10-17(11-13-24)23-20(26)14-22-21(27)28-15-16-6-2-1-3-7-16/h1-3,6-7,17-19,25H,4-5,8-15H2,(H,22,27)(H,23,26)/t18-,19-/m1/s1. The molecule has 3 rings (SSSR count). The molecule has 0 bridgehead atoms. The Morgan fingerprint density at radius 2 is 1.79 bits per heavy atom. The third kappa shape index (κ3) is 6.21. The summed E-state index contributed by atoms with van der Waals surface area (Å²) in [5, 5.41) is 15.7. The maximum atomic E-state index is 12.1. The molecule has 28 heavy (non-hydrogen) atoms. The zero-order valence-corrected chi connectivity index (χ0v) is 16.3. The molecule has 1 aliphatic carbocycles. The van der Waals surface area contributed by atoms with Crippen LogP contribution in [0.3, 0.4) is 0 Å². The van der Waals surface area contributed by atoms with Crippen LogP contribution in [0.2, 0.25) is 0 Å². The first-order valence-electron chi connectivity index (χ1n) is 10.3. The van der Waals surface area contributed by atoms with Gasteiger partial charge in [-0.2, -0.15) is 0 Å². The topological polar surface area (TPSA) is 90.9 Å². The molecule has 1 aromatic rings. The highest BCUT2D eigenvalue weighted by Crippen LogP contribution is 2.25. The Bertz CT molecular complexity index is 632.